The predicted octanol–water partition coefficient (Wildman–Crippen LogP) is 3.69. The van der Waals surface area contributed by atoms with Crippen LogP contribution in [-0.4, -0.2) is 91.0 Å². The molecule has 2 fully saturated rings. The standard InChI is InChI=1S/C32H42N6O4/c1-22(21-39)42-32(41)35-19-24-9-7-23(8-10-24)18-34-31(40)27-17-29(36-28-6-4-3-5-26(27)28)25-11-12-30(33-20-25)38-15-13-37(2)14-16-38/h3-6,11-12,17,20,22-24,39H,7-10,13-16,18-19,21H2,1-2H3,(H,34,40)(H,35,41)/t22-,23-,24-/m0/s1. The molecule has 3 aromatic rings. The lowest BCUT2D eigenvalue weighted by Crippen LogP contribution is -2.44. The highest BCUT2D eigenvalue weighted by molar-refractivity contribution is 6.07. The van der Waals surface area contributed by atoms with Crippen LogP contribution >= 0.6 is 0 Å². The van der Waals surface area contributed by atoms with E-state index in [1.54, 1.807) is 6.92 Å². The van der Waals surface area contributed by atoms with Crippen molar-refractivity contribution in [3.05, 3.63) is 54.2 Å². The van der Waals surface area contributed by atoms with E-state index in [1.807, 2.05) is 48.7 Å². The van der Waals surface area contributed by atoms with E-state index >= 15 is 0 Å². The topological polar surface area (TPSA) is 120 Å². The highest BCUT2D eigenvalue weighted by Gasteiger charge is 2.23. The molecule has 1 aliphatic carbocycles. The minimum atomic E-state index is -0.512. The zero-order chi connectivity index (χ0) is 29.5. The largest absolute Gasteiger partial charge is 0.444 e. The van der Waals surface area contributed by atoms with E-state index in [4.69, 9.17) is 19.8 Å². The van der Waals surface area contributed by atoms with Gasteiger partial charge in [-0.25, -0.2) is 14.8 Å². The van der Waals surface area contributed by atoms with Crippen LogP contribution in [0.25, 0.3) is 22.2 Å². The van der Waals surface area contributed by atoms with Crippen LogP contribution in [0.1, 0.15) is 43.0 Å². The molecule has 1 atom stereocenters. The summed E-state index contributed by atoms with van der Waals surface area (Å²) in [4.78, 5) is 39.5. The molecule has 5 rings (SSSR count). The Balaban J connectivity index is 1.19. The fraction of sp³-hybridized carbons (Fsp3) is 0.500. The van der Waals surface area contributed by atoms with Crippen LogP contribution in [0.5, 0.6) is 0 Å². The van der Waals surface area contributed by atoms with E-state index in [-0.39, 0.29) is 12.5 Å². The molecule has 2 amide bonds. The first-order valence-corrected chi connectivity index (χ1v) is 15.0. The van der Waals surface area contributed by atoms with Crippen molar-refractivity contribution in [2.24, 2.45) is 11.8 Å². The molecular weight excluding hydrogens is 532 g/mol. The van der Waals surface area contributed by atoms with Crippen molar-refractivity contribution in [2.45, 2.75) is 38.7 Å². The van der Waals surface area contributed by atoms with Gasteiger partial charge in [-0.3, -0.25) is 4.79 Å². The molecule has 1 saturated carbocycles. The number of piperazine rings is 1. The number of pyridine rings is 2. The van der Waals surface area contributed by atoms with Gasteiger partial charge < -0.3 is 30.3 Å². The smallest absolute Gasteiger partial charge is 0.407 e. The lowest BCUT2D eigenvalue weighted by atomic mass is 9.82. The van der Waals surface area contributed by atoms with Crippen LogP contribution in [0.3, 0.4) is 0 Å². The van der Waals surface area contributed by atoms with E-state index in [0.29, 0.717) is 30.5 Å². The summed E-state index contributed by atoms with van der Waals surface area (Å²) < 4.78 is 5.06. The Morgan fingerprint density at radius 2 is 1.69 bits per heavy atom. The summed E-state index contributed by atoms with van der Waals surface area (Å²) in [7, 11) is 2.14. The van der Waals surface area contributed by atoms with Gasteiger partial charge in [0, 0.05) is 56.4 Å². The van der Waals surface area contributed by atoms with Crippen molar-refractivity contribution < 1.29 is 19.4 Å². The summed E-state index contributed by atoms with van der Waals surface area (Å²) >= 11 is 0. The number of amides is 2. The predicted molar refractivity (Wildman–Crippen MR) is 163 cm³/mol. The van der Waals surface area contributed by atoms with Crippen LogP contribution < -0.4 is 15.5 Å². The lowest BCUT2D eigenvalue weighted by Gasteiger charge is -2.33. The minimum Gasteiger partial charge on any atom is -0.444 e. The fourth-order valence-electron chi connectivity index (χ4n) is 5.73. The molecule has 10 nitrogen and oxygen atoms in total. The molecule has 1 aromatic carbocycles. The molecule has 0 radical (unpaired) electrons. The number of fused-ring (bicyclic) bond motifs is 1. The van der Waals surface area contributed by atoms with Gasteiger partial charge in [0.15, 0.2) is 0 Å². The minimum absolute atomic E-state index is 0.0959. The number of benzene rings is 1. The molecule has 10 heteroatoms. The first-order chi connectivity index (χ1) is 20.4. The Bertz CT molecular complexity index is 1350. The van der Waals surface area contributed by atoms with Gasteiger partial charge in [0.1, 0.15) is 11.9 Å². The summed E-state index contributed by atoms with van der Waals surface area (Å²) in [6.07, 6.45) is 4.79. The van der Waals surface area contributed by atoms with Gasteiger partial charge in [0.2, 0.25) is 0 Å². The highest BCUT2D eigenvalue weighted by atomic mass is 16.6. The quantitative estimate of drug-likeness (QED) is 0.354. The molecule has 1 aliphatic heterocycles. The van der Waals surface area contributed by atoms with Gasteiger partial charge in [-0.1, -0.05) is 18.2 Å². The Morgan fingerprint density at radius 3 is 2.36 bits per heavy atom. The van der Waals surface area contributed by atoms with Crippen LogP contribution in [0.4, 0.5) is 10.6 Å². The van der Waals surface area contributed by atoms with Gasteiger partial charge in [0.05, 0.1) is 23.4 Å². The number of carbonyl (C=O) groups excluding carboxylic acids is 2. The molecule has 0 bridgehead atoms. The highest BCUT2D eigenvalue weighted by Crippen LogP contribution is 2.29. The number of likely N-dealkylation sites (N-methyl/N-ethyl adjacent to an activating group) is 1. The number of anilines is 1. The summed E-state index contributed by atoms with van der Waals surface area (Å²) in [5, 5.41) is 15.8. The Labute approximate surface area is 247 Å². The van der Waals surface area contributed by atoms with Crippen LogP contribution in [0, 0.1) is 11.8 Å². The maximum atomic E-state index is 13.5. The molecule has 42 heavy (non-hydrogen) atoms. The van der Waals surface area contributed by atoms with Crippen LogP contribution in [0.2, 0.25) is 0 Å². The Morgan fingerprint density at radius 1 is 1.00 bits per heavy atom. The van der Waals surface area contributed by atoms with Crippen LogP contribution in [-0.2, 0) is 4.74 Å². The van der Waals surface area contributed by atoms with Gasteiger partial charge in [-0.2, -0.15) is 0 Å². The van der Waals surface area contributed by atoms with Gasteiger partial charge >= 0.3 is 6.09 Å². The van der Waals surface area contributed by atoms with E-state index in [1.165, 1.54) is 0 Å². The number of carbonyl (C=O) groups is 2. The number of alkyl carbamates (subject to hydrolysis) is 1. The van der Waals surface area contributed by atoms with Crippen molar-refractivity contribution in [1.82, 2.24) is 25.5 Å². The molecule has 1 saturated heterocycles. The average Bonchev–Trinajstić information content (AvgIpc) is 3.03. The molecule has 3 N–H and O–H groups in total. The summed E-state index contributed by atoms with van der Waals surface area (Å²) in [5.41, 5.74) is 3.01. The summed E-state index contributed by atoms with van der Waals surface area (Å²) in [5.74, 6) is 1.65. The number of hydrogen-bond donors (Lipinski definition) is 3. The third-order valence-electron chi connectivity index (χ3n) is 8.45. The molecule has 2 aliphatic rings. The second kappa shape index (κ2) is 13.9. The van der Waals surface area contributed by atoms with Crippen molar-refractivity contribution in [3.63, 3.8) is 0 Å². The van der Waals surface area contributed by atoms with E-state index in [2.05, 4.69) is 27.5 Å². The molecule has 0 unspecified atom stereocenters. The maximum absolute atomic E-state index is 13.5. The lowest BCUT2D eigenvalue weighted by molar-refractivity contribution is 0.0666. The van der Waals surface area contributed by atoms with Gasteiger partial charge in [-0.15, -0.1) is 0 Å². The van der Waals surface area contributed by atoms with Crippen molar-refractivity contribution >= 4 is 28.7 Å². The molecular formula is C32H42N6O4. The number of ether oxygens (including phenoxy) is 1. The Kier molecular flexibility index (Phi) is 9.86. The van der Waals surface area contributed by atoms with Gasteiger partial charge in [0.25, 0.3) is 5.91 Å². The molecule has 0 spiro atoms. The number of aliphatic hydroxyl groups is 1. The number of nitrogens with zero attached hydrogens (tertiary/aromatic N) is 4. The fourth-order valence-corrected chi connectivity index (χ4v) is 5.73. The number of para-hydroxylation sites is 1. The number of hydrogen-bond acceptors (Lipinski definition) is 8. The number of aliphatic hydroxyl groups excluding tert-OH is 1. The van der Waals surface area contributed by atoms with E-state index in [0.717, 1.165) is 79.8 Å². The van der Waals surface area contributed by atoms with E-state index in [9.17, 15) is 9.59 Å². The average molecular weight is 575 g/mol. The SMILES string of the molecule is C[C@@H](CO)OC(=O)NC[C@H]1CC[C@H](CNC(=O)c2cc(-c3ccc(N4CCN(C)CC4)nc3)nc3ccccc23)CC1. The molecule has 2 aromatic heterocycles. The summed E-state index contributed by atoms with van der Waals surface area (Å²) in [6, 6.07) is 13.7. The monoisotopic (exact) mass is 574 g/mol. The third kappa shape index (κ3) is 7.54. The zero-order valence-electron chi connectivity index (χ0n) is 24.6. The number of nitrogens with one attached hydrogen (secondary N) is 2. The maximum Gasteiger partial charge on any atom is 0.407 e. The Hall–Kier alpha value is -3.76. The first kappa shape index (κ1) is 29.7. The van der Waals surface area contributed by atoms with Crippen molar-refractivity contribution in [3.8, 4) is 11.3 Å². The zero-order valence-corrected chi connectivity index (χ0v) is 24.6. The summed E-state index contributed by atoms with van der Waals surface area (Å²) in [6.45, 7) is 6.60. The number of rotatable bonds is 9. The number of aromatic nitrogens is 2. The van der Waals surface area contributed by atoms with E-state index < -0.39 is 12.2 Å². The third-order valence-corrected chi connectivity index (χ3v) is 8.45. The van der Waals surface area contributed by atoms with Crippen molar-refractivity contribution in [1.29, 1.82) is 0 Å². The van der Waals surface area contributed by atoms with Crippen LogP contribution in [0.15, 0.2) is 48.7 Å². The second-order valence-corrected chi connectivity index (χ2v) is 11.6. The van der Waals surface area contributed by atoms with Crippen molar-refractivity contribution in [2.75, 3.05) is 57.8 Å². The van der Waals surface area contributed by atoms with Gasteiger partial charge in [-0.05, 0) is 75.8 Å². The molecule has 224 valence electrons. The molecule has 3 heterocycles. The first-order valence-electron chi connectivity index (χ1n) is 15.0. The normalized spacial score (nSPS) is 20.2. The second-order valence-electron chi connectivity index (χ2n) is 11.6.